The van der Waals surface area contributed by atoms with Gasteiger partial charge < -0.3 is 9.64 Å². The highest BCUT2D eigenvalue weighted by Gasteiger charge is 2.62. The third-order valence-electron chi connectivity index (χ3n) is 6.52. The monoisotopic (exact) mass is 526 g/mol. The Morgan fingerprint density at radius 1 is 1.30 bits per heavy atom. The number of rotatable bonds is 6. The van der Waals surface area contributed by atoms with Gasteiger partial charge in [-0.3, -0.25) is 19.9 Å². The van der Waals surface area contributed by atoms with Crippen molar-refractivity contribution in [3.05, 3.63) is 46.7 Å². The molecule has 2 fully saturated rings. The van der Waals surface area contributed by atoms with Crippen LogP contribution in [-0.4, -0.2) is 41.1 Å². The smallest absolute Gasteiger partial charge is 0.280 e. The average molecular weight is 527 g/mol. The summed E-state index contributed by atoms with van der Waals surface area (Å²) in [7, 11) is 1.30. The second kappa shape index (κ2) is 9.52. The number of benzene rings is 1. The molecule has 190 valence electrons. The number of halogens is 2. The number of methoxy groups -OCH3 is 1. The average Bonchev–Trinajstić information content (AvgIpc) is 3.77. The molecule has 2 heterocycles. The summed E-state index contributed by atoms with van der Waals surface area (Å²) >= 11 is 1.09. The maximum Gasteiger partial charge on any atom is 0.280 e. The lowest BCUT2D eigenvalue weighted by Crippen LogP contribution is -2.23. The number of ether oxygens (including phenoxy) is 1. The minimum Gasteiger partial charge on any atom is -0.494 e. The summed E-state index contributed by atoms with van der Waals surface area (Å²) in [4.78, 5) is 29.9. The van der Waals surface area contributed by atoms with Gasteiger partial charge in [-0.2, -0.15) is 0 Å². The van der Waals surface area contributed by atoms with Crippen LogP contribution in [0.4, 0.5) is 19.6 Å². The Morgan fingerprint density at radius 3 is 2.76 bits per heavy atom. The molecule has 5 rings (SSSR count). The van der Waals surface area contributed by atoms with Crippen molar-refractivity contribution in [3.8, 4) is 28.7 Å². The number of carbonyl (C=O) groups is 2. The van der Waals surface area contributed by atoms with Crippen LogP contribution < -0.4 is 15.0 Å². The van der Waals surface area contributed by atoms with E-state index in [-0.39, 0.29) is 33.3 Å². The van der Waals surface area contributed by atoms with Crippen LogP contribution in [0.2, 0.25) is 0 Å². The first-order valence-electron chi connectivity index (χ1n) is 12.9. The van der Waals surface area contributed by atoms with Crippen LogP contribution in [0.5, 0.6) is 5.75 Å². The number of nitrogens with one attached hydrogen (secondary N) is 1. The molecule has 0 bridgehead atoms. The molecule has 2 aliphatic rings. The summed E-state index contributed by atoms with van der Waals surface area (Å²) in [5.41, 5.74) is -0.149. The molecule has 2 aliphatic carbocycles. The highest BCUT2D eigenvalue weighted by Crippen LogP contribution is 2.70. The van der Waals surface area contributed by atoms with Crippen molar-refractivity contribution in [1.29, 1.82) is 0 Å². The number of nitrogens with zero attached hydrogens (tertiary/aromatic N) is 4. The minimum atomic E-state index is -2.92. The second-order valence-corrected chi connectivity index (χ2v) is 9.93. The van der Waals surface area contributed by atoms with E-state index in [4.69, 9.17) is 8.85 Å². The van der Waals surface area contributed by atoms with E-state index in [0.717, 1.165) is 36.9 Å². The molecule has 3 aromatic rings. The largest absolute Gasteiger partial charge is 0.494 e. The maximum atomic E-state index is 13.5. The van der Waals surface area contributed by atoms with E-state index in [0.29, 0.717) is 21.2 Å². The highest BCUT2D eigenvalue weighted by molar-refractivity contribution is 7.15. The van der Waals surface area contributed by atoms with Gasteiger partial charge in [0.15, 0.2) is 5.01 Å². The number of anilines is 2. The summed E-state index contributed by atoms with van der Waals surface area (Å²) in [6, 6.07) is 4.90. The van der Waals surface area contributed by atoms with E-state index in [2.05, 4.69) is 32.3 Å². The predicted octanol–water partition coefficient (Wildman–Crippen LogP) is 4.93. The van der Waals surface area contributed by atoms with Crippen LogP contribution in [0.1, 0.15) is 57.8 Å². The molecule has 0 saturated heterocycles. The Labute approximate surface area is 220 Å². The Kier molecular flexibility index (Phi) is 5.45. The lowest BCUT2D eigenvalue weighted by molar-refractivity contribution is -0.116. The molecule has 1 unspecified atom stereocenters. The number of hydrogen-bond donors (Lipinski definition) is 1. The molecule has 0 aliphatic heterocycles. The van der Waals surface area contributed by atoms with Crippen molar-refractivity contribution in [2.75, 3.05) is 24.3 Å². The highest BCUT2D eigenvalue weighted by atomic mass is 32.1. The van der Waals surface area contributed by atoms with Gasteiger partial charge >= 0.3 is 0 Å². The number of aromatic nitrogens is 3. The van der Waals surface area contributed by atoms with E-state index in [1.54, 1.807) is 0 Å². The third-order valence-corrected chi connectivity index (χ3v) is 7.28. The number of amides is 2. The summed E-state index contributed by atoms with van der Waals surface area (Å²) in [6.07, 6.45) is 1.69. The molecule has 1 aromatic carbocycles. The first-order chi connectivity index (χ1) is 18.9. The molecular formula is C26H23F2N5O3S. The predicted molar refractivity (Wildman–Crippen MR) is 135 cm³/mol. The molecule has 2 saturated carbocycles. The zero-order chi connectivity index (χ0) is 28.8. The Morgan fingerprint density at radius 2 is 2.11 bits per heavy atom. The summed E-state index contributed by atoms with van der Waals surface area (Å²) in [6.45, 7) is -1.76. The zero-order valence-electron chi connectivity index (χ0n) is 22.8. The van der Waals surface area contributed by atoms with E-state index >= 15 is 0 Å². The topological polar surface area (TPSA) is 97.3 Å². The second-order valence-electron chi connectivity index (χ2n) is 8.95. The van der Waals surface area contributed by atoms with E-state index in [9.17, 15) is 18.4 Å². The van der Waals surface area contributed by atoms with Crippen LogP contribution >= 0.6 is 11.3 Å². The number of hydrogen-bond acceptors (Lipinski definition) is 7. The number of carbonyl (C=O) groups excluding carboxylic acids is 2. The van der Waals surface area contributed by atoms with E-state index in [1.807, 2.05) is 0 Å². The van der Waals surface area contributed by atoms with Crippen LogP contribution in [0.25, 0.3) is 11.1 Å². The summed E-state index contributed by atoms with van der Waals surface area (Å²) < 4.78 is 55.7. The molecule has 1 spiro atoms. The van der Waals surface area contributed by atoms with E-state index < -0.39 is 30.9 Å². The standard InChI is InChI=1S/C26H23F2N5O3S/c1-14(34)33(2)16-5-6-17(18(10-16)19-11-20(23(27)28)29-13-21(19)36-3)24(35)30-25-32-31-22(37-25)7-4-15-12-26(15)8-9-26/h5-6,10-11,13,15,23H,8-9,12H2,1-3H3,(H,30,32,35)/i2D3. The first kappa shape index (κ1) is 21.2. The zero-order valence-corrected chi connectivity index (χ0v) is 20.7. The van der Waals surface area contributed by atoms with Gasteiger partial charge in [-0.05, 0) is 54.9 Å². The fraction of sp³-hybridized carbons (Fsp3) is 0.346. The number of alkyl halides is 2. The van der Waals surface area contributed by atoms with Crippen molar-refractivity contribution in [1.82, 2.24) is 15.2 Å². The van der Waals surface area contributed by atoms with Crippen LogP contribution in [0.15, 0.2) is 30.5 Å². The van der Waals surface area contributed by atoms with Crippen LogP contribution in [0.3, 0.4) is 0 Å². The minimum absolute atomic E-state index is 0.0148. The van der Waals surface area contributed by atoms with Crippen molar-refractivity contribution in [2.24, 2.45) is 11.3 Å². The molecule has 0 radical (unpaired) electrons. The SMILES string of the molecule is [2H]C([2H])([2H])N(C(C)=O)c1ccc(C(=O)Nc2nnc(C#CC3CC34CC4)s2)c(-c2cc(C(F)F)ncc2OC)c1. The fourth-order valence-corrected chi connectivity index (χ4v) is 4.73. The molecule has 2 amide bonds. The molecule has 11 heteroatoms. The van der Waals surface area contributed by atoms with E-state index in [1.165, 1.54) is 38.2 Å². The Hall–Kier alpha value is -3.91. The Bertz CT molecular complexity index is 1560. The van der Waals surface area contributed by atoms with Gasteiger partial charge in [0.25, 0.3) is 12.3 Å². The fourth-order valence-electron chi connectivity index (χ4n) is 4.13. The van der Waals surface area contributed by atoms with Crippen molar-refractivity contribution < 1.29 is 27.2 Å². The van der Waals surface area contributed by atoms with Gasteiger partial charge in [-0.15, -0.1) is 10.2 Å². The van der Waals surface area contributed by atoms with Crippen molar-refractivity contribution >= 4 is 34.0 Å². The summed E-state index contributed by atoms with van der Waals surface area (Å²) in [5.74, 6) is 5.20. The maximum absolute atomic E-state index is 13.5. The third kappa shape index (κ3) is 5.02. The first-order valence-corrected chi connectivity index (χ1v) is 12.2. The normalized spacial score (nSPS) is 18.2. The molecule has 37 heavy (non-hydrogen) atoms. The van der Waals surface area contributed by atoms with Gasteiger partial charge in [-0.25, -0.2) is 8.78 Å². The lowest BCUT2D eigenvalue weighted by atomic mass is 9.97. The summed E-state index contributed by atoms with van der Waals surface area (Å²) in [5, 5.41) is 11.2. The molecule has 2 aromatic heterocycles. The molecule has 8 nitrogen and oxygen atoms in total. The van der Waals surface area contributed by atoms with Gasteiger partial charge in [-0.1, -0.05) is 17.3 Å². The van der Waals surface area contributed by atoms with Gasteiger partial charge in [0.1, 0.15) is 11.4 Å². The van der Waals surface area contributed by atoms with Crippen molar-refractivity contribution in [2.45, 2.75) is 32.6 Å². The molecule has 1 atom stereocenters. The number of pyridine rings is 1. The molecule has 1 N–H and O–H groups in total. The van der Waals surface area contributed by atoms with Crippen LogP contribution in [0, 0.1) is 23.2 Å². The molecular weight excluding hydrogens is 500 g/mol. The lowest BCUT2D eigenvalue weighted by Gasteiger charge is -2.19. The quantitative estimate of drug-likeness (QED) is 0.458. The van der Waals surface area contributed by atoms with Crippen molar-refractivity contribution in [3.63, 3.8) is 0 Å². The van der Waals surface area contributed by atoms with Gasteiger partial charge in [0.2, 0.25) is 11.0 Å². The van der Waals surface area contributed by atoms with Crippen LogP contribution in [-0.2, 0) is 4.79 Å². The van der Waals surface area contributed by atoms with Gasteiger partial charge in [0, 0.05) is 46.3 Å². The van der Waals surface area contributed by atoms with Gasteiger partial charge in [0.05, 0.1) is 13.3 Å². The Balaban J connectivity index is 1.52.